The van der Waals surface area contributed by atoms with Gasteiger partial charge in [0.1, 0.15) is 0 Å². The molecule has 2 rings (SSSR count). The average molecular weight is 301 g/mol. The van der Waals surface area contributed by atoms with Gasteiger partial charge in [-0.1, -0.05) is 19.9 Å². The van der Waals surface area contributed by atoms with E-state index in [9.17, 15) is 13.2 Å². The SMILES string of the molecule is CC(C)CCN(c1ccc(CO)c(C(F)(F)F)c1)C1CC1. The minimum Gasteiger partial charge on any atom is -0.392 e. The zero-order chi connectivity index (χ0) is 15.6. The Morgan fingerprint density at radius 3 is 2.43 bits per heavy atom. The van der Waals surface area contributed by atoms with Crippen molar-refractivity contribution in [3.05, 3.63) is 29.3 Å². The summed E-state index contributed by atoms with van der Waals surface area (Å²) in [5.74, 6) is 0.519. The Kier molecular flexibility index (Phi) is 4.81. The van der Waals surface area contributed by atoms with Crippen LogP contribution in [0, 0.1) is 5.92 Å². The van der Waals surface area contributed by atoms with Crippen molar-refractivity contribution in [2.45, 2.75) is 51.9 Å². The number of rotatable bonds is 6. The van der Waals surface area contributed by atoms with Gasteiger partial charge in [-0.15, -0.1) is 0 Å². The Bertz CT molecular complexity index is 481. The van der Waals surface area contributed by atoms with E-state index in [0.29, 0.717) is 17.6 Å². The molecule has 1 aromatic rings. The van der Waals surface area contributed by atoms with Gasteiger partial charge in [0.25, 0.3) is 0 Å². The first-order chi connectivity index (χ1) is 9.82. The molecule has 0 radical (unpaired) electrons. The molecule has 1 N–H and O–H groups in total. The number of aliphatic hydroxyl groups excluding tert-OH is 1. The molecule has 21 heavy (non-hydrogen) atoms. The summed E-state index contributed by atoms with van der Waals surface area (Å²) in [6.45, 7) is 4.41. The molecule has 1 aromatic carbocycles. The van der Waals surface area contributed by atoms with Crippen molar-refractivity contribution < 1.29 is 18.3 Å². The van der Waals surface area contributed by atoms with Crippen LogP contribution >= 0.6 is 0 Å². The molecule has 1 saturated carbocycles. The number of halogens is 3. The number of nitrogens with zero attached hydrogens (tertiary/aromatic N) is 1. The van der Waals surface area contributed by atoms with Crippen LogP contribution in [0.4, 0.5) is 18.9 Å². The van der Waals surface area contributed by atoms with E-state index in [1.54, 1.807) is 6.07 Å². The highest BCUT2D eigenvalue weighted by Crippen LogP contribution is 2.38. The normalized spacial score (nSPS) is 15.6. The van der Waals surface area contributed by atoms with Gasteiger partial charge in [0.05, 0.1) is 12.2 Å². The fourth-order valence-corrected chi connectivity index (χ4v) is 2.45. The van der Waals surface area contributed by atoms with Crippen LogP contribution in [0.2, 0.25) is 0 Å². The third kappa shape index (κ3) is 4.13. The number of alkyl halides is 3. The second-order valence-corrected chi connectivity index (χ2v) is 6.10. The van der Waals surface area contributed by atoms with E-state index in [1.165, 1.54) is 12.1 Å². The van der Waals surface area contributed by atoms with Crippen LogP contribution in [0.3, 0.4) is 0 Å². The van der Waals surface area contributed by atoms with Crippen molar-refractivity contribution in [3.8, 4) is 0 Å². The summed E-state index contributed by atoms with van der Waals surface area (Å²) in [5, 5.41) is 9.10. The predicted octanol–water partition coefficient (Wildman–Crippen LogP) is 4.21. The van der Waals surface area contributed by atoms with E-state index in [1.807, 2.05) is 0 Å². The maximum absolute atomic E-state index is 13.1. The molecule has 1 fully saturated rings. The van der Waals surface area contributed by atoms with Crippen molar-refractivity contribution in [1.82, 2.24) is 0 Å². The molecular formula is C16H22F3NO. The first kappa shape index (κ1) is 16.1. The summed E-state index contributed by atoms with van der Waals surface area (Å²) in [6, 6.07) is 4.64. The second kappa shape index (κ2) is 6.26. The van der Waals surface area contributed by atoms with Gasteiger partial charge in [0.2, 0.25) is 0 Å². The lowest BCUT2D eigenvalue weighted by Gasteiger charge is -2.27. The van der Waals surface area contributed by atoms with Crippen molar-refractivity contribution in [2.24, 2.45) is 5.92 Å². The quantitative estimate of drug-likeness (QED) is 0.850. The van der Waals surface area contributed by atoms with Gasteiger partial charge in [-0.3, -0.25) is 0 Å². The molecule has 0 atom stereocenters. The molecule has 1 aliphatic rings. The number of aliphatic hydroxyl groups is 1. The van der Waals surface area contributed by atoms with Crippen LogP contribution in [0.5, 0.6) is 0 Å². The van der Waals surface area contributed by atoms with Gasteiger partial charge in [-0.25, -0.2) is 0 Å². The Morgan fingerprint density at radius 2 is 1.95 bits per heavy atom. The summed E-state index contributed by atoms with van der Waals surface area (Å²) in [4.78, 5) is 2.08. The van der Waals surface area contributed by atoms with Gasteiger partial charge in [-0.2, -0.15) is 13.2 Å². The Morgan fingerprint density at radius 1 is 1.29 bits per heavy atom. The molecule has 0 aliphatic heterocycles. The molecule has 0 heterocycles. The molecule has 0 unspecified atom stereocenters. The van der Waals surface area contributed by atoms with Gasteiger partial charge < -0.3 is 10.0 Å². The van der Waals surface area contributed by atoms with Gasteiger partial charge >= 0.3 is 6.18 Å². The zero-order valence-electron chi connectivity index (χ0n) is 12.5. The molecule has 0 bridgehead atoms. The first-order valence-corrected chi connectivity index (χ1v) is 7.40. The molecule has 118 valence electrons. The molecule has 0 aromatic heterocycles. The second-order valence-electron chi connectivity index (χ2n) is 6.10. The van der Waals surface area contributed by atoms with Crippen molar-refractivity contribution in [2.75, 3.05) is 11.4 Å². The van der Waals surface area contributed by atoms with E-state index in [-0.39, 0.29) is 5.56 Å². The van der Waals surface area contributed by atoms with E-state index >= 15 is 0 Å². The van der Waals surface area contributed by atoms with Crippen molar-refractivity contribution in [1.29, 1.82) is 0 Å². The lowest BCUT2D eigenvalue weighted by molar-refractivity contribution is -0.138. The van der Waals surface area contributed by atoms with Crippen molar-refractivity contribution >= 4 is 5.69 Å². The van der Waals surface area contributed by atoms with E-state index in [4.69, 9.17) is 5.11 Å². The summed E-state index contributed by atoms with van der Waals surface area (Å²) < 4.78 is 39.2. The maximum Gasteiger partial charge on any atom is 0.416 e. The van der Waals surface area contributed by atoms with E-state index < -0.39 is 18.3 Å². The van der Waals surface area contributed by atoms with Crippen LogP contribution in [0.25, 0.3) is 0 Å². The standard InChI is InChI=1S/C16H22F3NO/c1-11(2)7-8-20(13-5-6-13)14-4-3-12(10-21)15(9-14)16(17,18)19/h3-4,9,11,13,21H,5-8,10H2,1-2H3. The van der Waals surface area contributed by atoms with Gasteiger partial charge in [0, 0.05) is 18.3 Å². The van der Waals surface area contributed by atoms with Crippen LogP contribution in [-0.4, -0.2) is 17.7 Å². The summed E-state index contributed by atoms with van der Waals surface area (Å²) >= 11 is 0. The van der Waals surface area contributed by atoms with E-state index in [2.05, 4.69) is 18.7 Å². The third-order valence-corrected chi connectivity index (χ3v) is 3.84. The predicted molar refractivity (Wildman–Crippen MR) is 77.2 cm³/mol. The summed E-state index contributed by atoms with van der Waals surface area (Å²) in [6.07, 6.45) is -1.39. The highest BCUT2D eigenvalue weighted by Gasteiger charge is 2.35. The molecule has 0 saturated heterocycles. The smallest absolute Gasteiger partial charge is 0.392 e. The Balaban J connectivity index is 2.28. The summed E-state index contributed by atoms with van der Waals surface area (Å²) in [7, 11) is 0. The Hall–Kier alpha value is -1.23. The fourth-order valence-electron chi connectivity index (χ4n) is 2.45. The third-order valence-electron chi connectivity index (χ3n) is 3.84. The highest BCUT2D eigenvalue weighted by atomic mass is 19.4. The van der Waals surface area contributed by atoms with Gasteiger partial charge in [-0.05, 0) is 42.9 Å². The average Bonchev–Trinajstić information content (AvgIpc) is 3.22. The monoisotopic (exact) mass is 301 g/mol. The minimum atomic E-state index is -4.43. The highest BCUT2D eigenvalue weighted by molar-refractivity contribution is 5.53. The summed E-state index contributed by atoms with van der Waals surface area (Å²) in [5.41, 5.74) is -0.175. The van der Waals surface area contributed by atoms with Crippen LogP contribution in [0.1, 0.15) is 44.2 Å². The number of hydrogen-bond donors (Lipinski definition) is 1. The topological polar surface area (TPSA) is 23.5 Å². The number of benzene rings is 1. The Labute approximate surface area is 123 Å². The van der Waals surface area contributed by atoms with E-state index in [0.717, 1.165) is 25.8 Å². The molecular weight excluding hydrogens is 279 g/mol. The van der Waals surface area contributed by atoms with Crippen molar-refractivity contribution in [3.63, 3.8) is 0 Å². The number of hydrogen-bond acceptors (Lipinski definition) is 2. The lowest BCUT2D eigenvalue weighted by atomic mass is 10.1. The molecule has 2 nitrogen and oxygen atoms in total. The molecule has 5 heteroatoms. The number of anilines is 1. The first-order valence-electron chi connectivity index (χ1n) is 7.40. The van der Waals surface area contributed by atoms with Crippen LogP contribution in [-0.2, 0) is 12.8 Å². The minimum absolute atomic E-state index is 0.0640. The largest absolute Gasteiger partial charge is 0.416 e. The maximum atomic E-state index is 13.1. The molecule has 0 spiro atoms. The molecule has 1 aliphatic carbocycles. The van der Waals surface area contributed by atoms with Crippen LogP contribution < -0.4 is 4.90 Å². The van der Waals surface area contributed by atoms with Gasteiger partial charge in [0.15, 0.2) is 0 Å². The zero-order valence-corrected chi connectivity index (χ0v) is 12.5. The fraction of sp³-hybridized carbons (Fsp3) is 0.625. The lowest BCUT2D eigenvalue weighted by Crippen LogP contribution is -2.28. The molecule has 0 amide bonds. The van der Waals surface area contributed by atoms with Crippen LogP contribution in [0.15, 0.2) is 18.2 Å².